The molecule has 0 aromatic carbocycles. The SMILES string of the molecule is Cl.Cl.NC1CC2CCC(C1)N2c1ncccn1. The standard InChI is InChI=1S/C11H16N4.2ClH/c12-8-6-9-2-3-10(7-8)15(9)11-13-4-1-5-14-11;;/h1,4-5,8-10H,2-3,6-7,12H2;2*1H. The molecule has 96 valence electrons. The van der Waals surface area contributed by atoms with Crippen molar-refractivity contribution >= 4 is 30.8 Å². The number of rotatable bonds is 1. The molecule has 17 heavy (non-hydrogen) atoms. The highest BCUT2D eigenvalue weighted by atomic mass is 35.5. The van der Waals surface area contributed by atoms with Gasteiger partial charge in [0, 0.05) is 30.5 Å². The third-order valence-corrected chi connectivity index (χ3v) is 3.55. The van der Waals surface area contributed by atoms with Crippen LogP contribution in [0.1, 0.15) is 25.7 Å². The van der Waals surface area contributed by atoms with E-state index in [0.717, 1.165) is 18.8 Å². The first-order chi connectivity index (χ1) is 7.34. The second kappa shape index (κ2) is 5.85. The summed E-state index contributed by atoms with van der Waals surface area (Å²) in [6.45, 7) is 0. The summed E-state index contributed by atoms with van der Waals surface area (Å²) < 4.78 is 0. The van der Waals surface area contributed by atoms with Crippen LogP contribution in [-0.4, -0.2) is 28.1 Å². The van der Waals surface area contributed by atoms with Crippen LogP contribution in [0.15, 0.2) is 18.5 Å². The van der Waals surface area contributed by atoms with Crippen molar-refractivity contribution in [1.29, 1.82) is 0 Å². The van der Waals surface area contributed by atoms with Gasteiger partial charge < -0.3 is 10.6 Å². The molecule has 2 aliphatic rings. The van der Waals surface area contributed by atoms with Gasteiger partial charge in [-0.2, -0.15) is 0 Å². The molecule has 0 spiro atoms. The van der Waals surface area contributed by atoms with E-state index >= 15 is 0 Å². The zero-order valence-electron chi connectivity index (χ0n) is 9.53. The fourth-order valence-corrected chi connectivity index (χ4v) is 2.97. The van der Waals surface area contributed by atoms with Crippen molar-refractivity contribution in [2.45, 2.75) is 43.8 Å². The average Bonchev–Trinajstić information content (AvgIpc) is 2.53. The molecule has 1 aromatic heterocycles. The highest BCUT2D eigenvalue weighted by Gasteiger charge is 2.40. The lowest BCUT2D eigenvalue weighted by atomic mass is 9.99. The predicted molar refractivity (Wildman–Crippen MR) is 73.0 cm³/mol. The van der Waals surface area contributed by atoms with E-state index in [4.69, 9.17) is 5.73 Å². The van der Waals surface area contributed by atoms with Gasteiger partial charge in [-0.1, -0.05) is 0 Å². The molecule has 3 rings (SSSR count). The minimum Gasteiger partial charge on any atom is -0.335 e. The van der Waals surface area contributed by atoms with E-state index in [-0.39, 0.29) is 24.8 Å². The van der Waals surface area contributed by atoms with Crippen molar-refractivity contribution < 1.29 is 0 Å². The quantitative estimate of drug-likeness (QED) is 0.850. The van der Waals surface area contributed by atoms with Gasteiger partial charge in [-0.3, -0.25) is 0 Å². The third-order valence-electron chi connectivity index (χ3n) is 3.55. The molecule has 0 amide bonds. The Hall–Kier alpha value is -0.580. The van der Waals surface area contributed by atoms with Crippen LogP contribution >= 0.6 is 24.8 Å². The predicted octanol–water partition coefficient (Wildman–Crippen LogP) is 1.78. The van der Waals surface area contributed by atoms with Crippen LogP contribution < -0.4 is 10.6 Å². The maximum atomic E-state index is 6.03. The lowest BCUT2D eigenvalue weighted by Crippen LogP contribution is -2.48. The van der Waals surface area contributed by atoms with Gasteiger partial charge >= 0.3 is 0 Å². The molecule has 2 saturated heterocycles. The molecule has 1 aromatic rings. The lowest BCUT2D eigenvalue weighted by Gasteiger charge is -2.37. The van der Waals surface area contributed by atoms with Crippen molar-refractivity contribution in [2.24, 2.45) is 5.73 Å². The molecule has 2 fully saturated rings. The average molecular weight is 277 g/mol. The summed E-state index contributed by atoms with van der Waals surface area (Å²) in [5, 5.41) is 0. The summed E-state index contributed by atoms with van der Waals surface area (Å²) in [7, 11) is 0. The molecule has 2 unspecified atom stereocenters. The topological polar surface area (TPSA) is 55.0 Å². The van der Waals surface area contributed by atoms with Gasteiger partial charge in [-0.05, 0) is 31.7 Å². The summed E-state index contributed by atoms with van der Waals surface area (Å²) >= 11 is 0. The first kappa shape index (κ1) is 14.5. The van der Waals surface area contributed by atoms with Crippen molar-refractivity contribution in [1.82, 2.24) is 9.97 Å². The molecule has 6 heteroatoms. The summed E-state index contributed by atoms with van der Waals surface area (Å²) in [6.07, 6.45) is 8.31. The third kappa shape index (κ3) is 2.64. The number of anilines is 1. The number of piperidine rings is 1. The molecule has 2 atom stereocenters. The van der Waals surface area contributed by atoms with Gasteiger partial charge in [0.15, 0.2) is 0 Å². The normalized spacial score (nSPS) is 30.4. The van der Waals surface area contributed by atoms with Crippen LogP contribution in [0.2, 0.25) is 0 Å². The zero-order chi connectivity index (χ0) is 10.3. The second-order valence-corrected chi connectivity index (χ2v) is 4.57. The Morgan fingerprint density at radius 3 is 2.12 bits per heavy atom. The van der Waals surface area contributed by atoms with Crippen molar-refractivity contribution in [3.8, 4) is 0 Å². The zero-order valence-corrected chi connectivity index (χ0v) is 11.2. The molecule has 2 bridgehead atoms. The highest BCUT2D eigenvalue weighted by Crippen LogP contribution is 2.36. The van der Waals surface area contributed by atoms with Gasteiger partial charge in [0.2, 0.25) is 5.95 Å². The van der Waals surface area contributed by atoms with E-state index in [1.807, 2.05) is 18.5 Å². The van der Waals surface area contributed by atoms with E-state index in [1.54, 1.807) is 0 Å². The monoisotopic (exact) mass is 276 g/mol. The minimum absolute atomic E-state index is 0. The lowest BCUT2D eigenvalue weighted by molar-refractivity contribution is 0.409. The molecule has 0 radical (unpaired) electrons. The Morgan fingerprint density at radius 2 is 1.59 bits per heavy atom. The first-order valence-corrected chi connectivity index (χ1v) is 5.65. The maximum Gasteiger partial charge on any atom is 0.225 e. The van der Waals surface area contributed by atoms with Gasteiger partial charge in [-0.15, -0.1) is 24.8 Å². The number of halogens is 2. The van der Waals surface area contributed by atoms with Gasteiger partial charge in [0.25, 0.3) is 0 Å². The molecule has 3 heterocycles. The molecule has 0 aliphatic carbocycles. The Morgan fingerprint density at radius 1 is 1.06 bits per heavy atom. The first-order valence-electron chi connectivity index (χ1n) is 5.65. The number of nitrogens with two attached hydrogens (primary N) is 1. The fourth-order valence-electron chi connectivity index (χ4n) is 2.97. The van der Waals surface area contributed by atoms with Gasteiger partial charge in [-0.25, -0.2) is 9.97 Å². The Kier molecular flexibility index (Phi) is 4.98. The van der Waals surface area contributed by atoms with Crippen LogP contribution in [0.4, 0.5) is 5.95 Å². The van der Waals surface area contributed by atoms with Crippen molar-refractivity contribution in [2.75, 3.05) is 4.90 Å². The molecule has 0 saturated carbocycles. The Labute approximate surface area is 114 Å². The molecule has 2 N–H and O–H groups in total. The van der Waals surface area contributed by atoms with E-state index in [2.05, 4.69) is 14.9 Å². The summed E-state index contributed by atoms with van der Waals surface area (Å²) in [5.74, 6) is 0.886. The van der Waals surface area contributed by atoms with Crippen LogP contribution in [-0.2, 0) is 0 Å². The van der Waals surface area contributed by atoms with Crippen molar-refractivity contribution in [3.05, 3.63) is 18.5 Å². The van der Waals surface area contributed by atoms with Crippen LogP contribution in [0.3, 0.4) is 0 Å². The molecule has 2 aliphatic heterocycles. The number of nitrogens with zero attached hydrogens (tertiary/aromatic N) is 3. The van der Waals surface area contributed by atoms with E-state index < -0.39 is 0 Å². The van der Waals surface area contributed by atoms with Gasteiger partial charge in [0.05, 0.1) is 0 Å². The fraction of sp³-hybridized carbons (Fsp3) is 0.636. The Balaban J connectivity index is 0.000000722. The van der Waals surface area contributed by atoms with E-state index in [1.165, 1.54) is 12.8 Å². The van der Waals surface area contributed by atoms with Crippen LogP contribution in [0, 0.1) is 0 Å². The number of fused-ring (bicyclic) bond motifs is 2. The molecular formula is C11H18Cl2N4. The summed E-state index contributed by atoms with van der Waals surface area (Å²) in [5.41, 5.74) is 6.03. The maximum absolute atomic E-state index is 6.03. The summed E-state index contributed by atoms with van der Waals surface area (Å²) in [6, 6.07) is 3.38. The minimum atomic E-state index is 0. The Bertz CT molecular complexity index is 335. The second-order valence-electron chi connectivity index (χ2n) is 4.57. The van der Waals surface area contributed by atoms with E-state index in [9.17, 15) is 0 Å². The van der Waals surface area contributed by atoms with Gasteiger partial charge in [0.1, 0.15) is 0 Å². The van der Waals surface area contributed by atoms with Crippen LogP contribution in [0.5, 0.6) is 0 Å². The van der Waals surface area contributed by atoms with Crippen LogP contribution in [0.25, 0.3) is 0 Å². The number of hydrogen-bond donors (Lipinski definition) is 1. The molecular weight excluding hydrogens is 259 g/mol. The highest BCUT2D eigenvalue weighted by molar-refractivity contribution is 5.85. The number of hydrogen-bond acceptors (Lipinski definition) is 4. The largest absolute Gasteiger partial charge is 0.335 e. The molecule has 4 nitrogen and oxygen atoms in total. The number of aromatic nitrogens is 2. The van der Waals surface area contributed by atoms with E-state index in [0.29, 0.717) is 18.1 Å². The van der Waals surface area contributed by atoms with Crippen molar-refractivity contribution in [3.63, 3.8) is 0 Å². The summed E-state index contributed by atoms with van der Waals surface area (Å²) in [4.78, 5) is 11.1. The smallest absolute Gasteiger partial charge is 0.225 e.